The summed E-state index contributed by atoms with van der Waals surface area (Å²) in [5.41, 5.74) is 8.03. The normalized spacial score (nSPS) is 23.8. The summed E-state index contributed by atoms with van der Waals surface area (Å²) in [5.74, 6) is -0.120. The number of hydrogen-bond donors (Lipinski definition) is 1. The van der Waals surface area contributed by atoms with Crippen LogP contribution in [0.1, 0.15) is 30.4 Å². The van der Waals surface area contributed by atoms with Gasteiger partial charge >= 0.3 is 0 Å². The van der Waals surface area contributed by atoms with Crippen LogP contribution in [0.4, 0.5) is 4.39 Å². The first kappa shape index (κ1) is 13.5. The van der Waals surface area contributed by atoms with Gasteiger partial charge in [0, 0.05) is 18.6 Å². The lowest BCUT2D eigenvalue weighted by atomic mass is 10.1. The van der Waals surface area contributed by atoms with Gasteiger partial charge in [-0.3, -0.25) is 0 Å². The Bertz CT molecular complexity index is 405. The van der Waals surface area contributed by atoms with Gasteiger partial charge in [-0.15, -0.1) is 0 Å². The first-order valence-electron chi connectivity index (χ1n) is 6.79. The monoisotopic (exact) mass is 250 g/mol. The highest BCUT2D eigenvalue weighted by molar-refractivity contribution is 5.24. The zero-order chi connectivity index (χ0) is 13.1. The van der Waals surface area contributed by atoms with Gasteiger partial charge in [0.05, 0.1) is 0 Å². The number of nitrogens with two attached hydrogens (primary N) is 1. The summed E-state index contributed by atoms with van der Waals surface area (Å²) < 4.78 is 13.2. The van der Waals surface area contributed by atoms with Crippen LogP contribution in [0.2, 0.25) is 0 Å². The second-order valence-corrected chi connectivity index (χ2v) is 5.48. The van der Waals surface area contributed by atoms with E-state index >= 15 is 0 Å². The number of benzene rings is 1. The Labute approximate surface area is 109 Å². The average molecular weight is 250 g/mol. The summed E-state index contributed by atoms with van der Waals surface area (Å²) in [6, 6.07) is 6.23. The van der Waals surface area contributed by atoms with Gasteiger partial charge in [-0.1, -0.05) is 18.6 Å². The Morgan fingerprint density at radius 2 is 2.17 bits per heavy atom. The molecule has 0 aromatic heterocycles. The Hall–Kier alpha value is -0.930. The SMILES string of the molecule is Cc1cc(CCN(C)C2CCCC2N)ccc1F. The molecule has 0 radical (unpaired) electrons. The number of hydrogen-bond acceptors (Lipinski definition) is 2. The van der Waals surface area contributed by atoms with E-state index in [2.05, 4.69) is 11.9 Å². The smallest absolute Gasteiger partial charge is 0.126 e. The minimum atomic E-state index is -0.120. The highest BCUT2D eigenvalue weighted by Gasteiger charge is 2.26. The lowest BCUT2D eigenvalue weighted by molar-refractivity contribution is 0.231. The van der Waals surface area contributed by atoms with Crippen molar-refractivity contribution in [2.75, 3.05) is 13.6 Å². The molecule has 1 saturated carbocycles. The molecule has 1 aliphatic rings. The predicted molar refractivity (Wildman–Crippen MR) is 73.1 cm³/mol. The van der Waals surface area contributed by atoms with E-state index < -0.39 is 0 Å². The van der Waals surface area contributed by atoms with Crippen molar-refractivity contribution >= 4 is 0 Å². The number of nitrogens with zero attached hydrogens (tertiary/aromatic N) is 1. The van der Waals surface area contributed by atoms with Gasteiger partial charge in [0.2, 0.25) is 0 Å². The maximum absolute atomic E-state index is 13.2. The molecule has 0 spiro atoms. The quantitative estimate of drug-likeness (QED) is 0.889. The van der Waals surface area contributed by atoms with Gasteiger partial charge < -0.3 is 10.6 Å². The van der Waals surface area contributed by atoms with Gasteiger partial charge in [0.25, 0.3) is 0 Å². The largest absolute Gasteiger partial charge is 0.326 e. The second-order valence-electron chi connectivity index (χ2n) is 5.48. The molecule has 2 atom stereocenters. The third kappa shape index (κ3) is 3.09. The van der Waals surface area contributed by atoms with E-state index in [-0.39, 0.29) is 5.82 Å². The lowest BCUT2D eigenvalue weighted by Gasteiger charge is -2.27. The van der Waals surface area contributed by atoms with Gasteiger partial charge in [0.1, 0.15) is 5.82 Å². The summed E-state index contributed by atoms with van der Waals surface area (Å²) in [5, 5.41) is 0. The molecule has 1 fully saturated rings. The van der Waals surface area contributed by atoms with Crippen LogP contribution < -0.4 is 5.73 Å². The van der Waals surface area contributed by atoms with Crippen molar-refractivity contribution in [1.82, 2.24) is 4.90 Å². The van der Waals surface area contributed by atoms with Crippen LogP contribution in [0, 0.1) is 12.7 Å². The maximum Gasteiger partial charge on any atom is 0.126 e. The van der Waals surface area contributed by atoms with E-state index in [0.717, 1.165) is 24.9 Å². The molecular weight excluding hydrogens is 227 g/mol. The average Bonchev–Trinajstić information content (AvgIpc) is 2.77. The minimum Gasteiger partial charge on any atom is -0.326 e. The van der Waals surface area contributed by atoms with Crippen molar-refractivity contribution in [2.45, 2.75) is 44.7 Å². The fraction of sp³-hybridized carbons (Fsp3) is 0.600. The van der Waals surface area contributed by atoms with Crippen molar-refractivity contribution in [3.63, 3.8) is 0 Å². The molecule has 2 nitrogen and oxygen atoms in total. The molecular formula is C15H23FN2. The molecule has 0 aliphatic heterocycles. The molecule has 18 heavy (non-hydrogen) atoms. The zero-order valence-corrected chi connectivity index (χ0v) is 11.3. The van der Waals surface area contributed by atoms with Crippen LogP contribution in [0.3, 0.4) is 0 Å². The molecule has 0 amide bonds. The van der Waals surface area contributed by atoms with E-state index in [1.165, 1.54) is 18.4 Å². The van der Waals surface area contributed by atoms with Gasteiger partial charge in [-0.25, -0.2) is 4.39 Å². The topological polar surface area (TPSA) is 29.3 Å². The lowest BCUT2D eigenvalue weighted by Crippen LogP contribution is -2.43. The van der Waals surface area contributed by atoms with Crippen molar-refractivity contribution < 1.29 is 4.39 Å². The Kier molecular flexibility index (Phi) is 4.36. The van der Waals surface area contributed by atoms with Crippen LogP contribution in [-0.4, -0.2) is 30.6 Å². The van der Waals surface area contributed by atoms with E-state index in [1.807, 2.05) is 19.1 Å². The zero-order valence-electron chi connectivity index (χ0n) is 11.3. The molecule has 1 aromatic carbocycles. The van der Waals surface area contributed by atoms with Crippen LogP contribution in [0.25, 0.3) is 0 Å². The molecule has 0 saturated heterocycles. The van der Waals surface area contributed by atoms with E-state index in [4.69, 9.17) is 5.73 Å². The third-order valence-electron chi connectivity index (χ3n) is 4.07. The van der Waals surface area contributed by atoms with E-state index in [9.17, 15) is 4.39 Å². The van der Waals surface area contributed by atoms with Crippen LogP contribution in [0.15, 0.2) is 18.2 Å². The van der Waals surface area contributed by atoms with Crippen LogP contribution in [-0.2, 0) is 6.42 Å². The van der Waals surface area contributed by atoms with Crippen molar-refractivity contribution in [1.29, 1.82) is 0 Å². The van der Waals surface area contributed by atoms with Crippen LogP contribution >= 0.6 is 0 Å². The Morgan fingerprint density at radius 3 is 2.78 bits per heavy atom. The molecule has 2 rings (SSSR count). The maximum atomic E-state index is 13.2. The van der Waals surface area contributed by atoms with Gasteiger partial charge in [-0.05, 0) is 50.4 Å². The summed E-state index contributed by atoms with van der Waals surface area (Å²) in [4.78, 5) is 2.36. The first-order valence-corrected chi connectivity index (χ1v) is 6.79. The molecule has 2 unspecified atom stereocenters. The number of aryl methyl sites for hydroxylation is 1. The molecule has 1 aromatic rings. The van der Waals surface area contributed by atoms with E-state index in [0.29, 0.717) is 12.1 Å². The number of rotatable bonds is 4. The molecule has 3 heteroatoms. The third-order valence-corrected chi connectivity index (χ3v) is 4.07. The second kappa shape index (κ2) is 5.81. The molecule has 2 N–H and O–H groups in total. The first-order chi connectivity index (χ1) is 8.58. The van der Waals surface area contributed by atoms with E-state index in [1.54, 1.807) is 6.07 Å². The molecule has 0 bridgehead atoms. The highest BCUT2D eigenvalue weighted by Crippen LogP contribution is 2.22. The van der Waals surface area contributed by atoms with Crippen molar-refractivity contribution in [2.24, 2.45) is 5.73 Å². The summed E-state index contributed by atoms with van der Waals surface area (Å²) in [7, 11) is 2.15. The Balaban J connectivity index is 1.88. The molecule has 100 valence electrons. The number of halogens is 1. The van der Waals surface area contributed by atoms with Crippen LogP contribution in [0.5, 0.6) is 0 Å². The van der Waals surface area contributed by atoms with Crippen molar-refractivity contribution in [3.8, 4) is 0 Å². The molecule has 0 heterocycles. The fourth-order valence-electron chi connectivity index (χ4n) is 2.85. The summed E-state index contributed by atoms with van der Waals surface area (Å²) in [6.45, 7) is 2.80. The van der Waals surface area contributed by atoms with Crippen molar-refractivity contribution in [3.05, 3.63) is 35.1 Å². The number of likely N-dealkylation sites (N-methyl/N-ethyl adjacent to an activating group) is 1. The van der Waals surface area contributed by atoms with Gasteiger partial charge in [0.15, 0.2) is 0 Å². The highest BCUT2D eigenvalue weighted by atomic mass is 19.1. The standard InChI is InChI=1S/C15H23FN2/c1-11-10-12(6-7-13(11)16)8-9-18(2)15-5-3-4-14(15)17/h6-7,10,14-15H,3-5,8-9,17H2,1-2H3. The summed E-state index contributed by atoms with van der Waals surface area (Å²) in [6.07, 6.45) is 4.55. The predicted octanol–water partition coefficient (Wildman–Crippen LogP) is 2.49. The minimum absolute atomic E-state index is 0.120. The summed E-state index contributed by atoms with van der Waals surface area (Å²) >= 11 is 0. The van der Waals surface area contributed by atoms with Gasteiger partial charge in [-0.2, -0.15) is 0 Å². The fourth-order valence-corrected chi connectivity index (χ4v) is 2.85. The molecule has 1 aliphatic carbocycles. The Morgan fingerprint density at radius 1 is 1.39 bits per heavy atom.